The van der Waals surface area contributed by atoms with Gasteiger partial charge in [-0.3, -0.25) is 9.48 Å². The highest BCUT2D eigenvalue weighted by Crippen LogP contribution is 2.16. The summed E-state index contributed by atoms with van der Waals surface area (Å²) in [5, 5.41) is 10.4. The molecule has 1 heterocycles. The first-order valence-corrected chi connectivity index (χ1v) is 7.67. The summed E-state index contributed by atoms with van der Waals surface area (Å²) in [4.78, 5) is 15.5. The van der Waals surface area contributed by atoms with E-state index in [1.54, 1.807) is 11.0 Å². The summed E-state index contributed by atoms with van der Waals surface area (Å²) in [6.07, 6.45) is 11.5. The van der Waals surface area contributed by atoms with Crippen molar-refractivity contribution in [3.05, 3.63) is 12.7 Å². The largest absolute Gasteiger partial charge is 0.355 e. The van der Waals surface area contributed by atoms with Gasteiger partial charge in [-0.2, -0.15) is 5.10 Å². The van der Waals surface area contributed by atoms with Crippen molar-refractivity contribution in [2.45, 2.75) is 57.5 Å². The van der Waals surface area contributed by atoms with Crippen molar-refractivity contribution in [3.63, 3.8) is 0 Å². The minimum Gasteiger partial charge on any atom is -0.355 e. The first kappa shape index (κ1) is 17.9. The van der Waals surface area contributed by atoms with Gasteiger partial charge in [0, 0.05) is 25.6 Å². The Morgan fingerprint density at radius 1 is 1.19 bits per heavy atom. The second-order valence-electron chi connectivity index (χ2n) is 5.40. The summed E-state index contributed by atoms with van der Waals surface area (Å²) in [5.74, 6) is 0.0724. The van der Waals surface area contributed by atoms with Crippen LogP contribution in [0.1, 0.15) is 44.9 Å². The summed E-state index contributed by atoms with van der Waals surface area (Å²) < 4.78 is 1.67. The van der Waals surface area contributed by atoms with Crippen LogP contribution in [0.3, 0.4) is 0 Å². The SMILES string of the molecule is Cl.O=C(CCn1cncn1)NCCNC1CCCCCC1. The highest BCUT2D eigenvalue weighted by atomic mass is 35.5. The van der Waals surface area contributed by atoms with Gasteiger partial charge < -0.3 is 10.6 Å². The molecule has 6 nitrogen and oxygen atoms in total. The number of hydrogen-bond acceptors (Lipinski definition) is 4. The lowest BCUT2D eigenvalue weighted by atomic mass is 10.1. The van der Waals surface area contributed by atoms with Gasteiger partial charge in [0.15, 0.2) is 0 Å². The minimum atomic E-state index is 0. The van der Waals surface area contributed by atoms with E-state index in [2.05, 4.69) is 20.7 Å². The number of aryl methyl sites for hydroxylation is 1. The maximum Gasteiger partial charge on any atom is 0.221 e. The van der Waals surface area contributed by atoms with Gasteiger partial charge in [-0.1, -0.05) is 25.7 Å². The van der Waals surface area contributed by atoms with E-state index in [0.717, 1.165) is 6.54 Å². The zero-order valence-corrected chi connectivity index (χ0v) is 13.3. The maximum atomic E-state index is 11.6. The molecule has 0 atom stereocenters. The first-order chi connectivity index (χ1) is 9.84. The molecule has 1 saturated carbocycles. The van der Waals surface area contributed by atoms with Gasteiger partial charge >= 0.3 is 0 Å². The Balaban J connectivity index is 0.00000220. The van der Waals surface area contributed by atoms with Crippen LogP contribution in [0.5, 0.6) is 0 Å². The van der Waals surface area contributed by atoms with Crippen molar-refractivity contribution in [2.24, 2.45) is 0 Å². The Labute approximate surface area is 132 Å². The summed E-state index contributed by atoms with van der Waals surface area (Å²) in [6, 6.07) is 0.643. The average Bonchev–Trinajstić information content (AvgIpc) is 2.84. The Kier molecular flexibility index (Phi) is 9.01. The zero-order valence-electron chi connectivity index (χ0n) is 12.5. The topological polar surface area (TPSA) is 71.8 Å². The molecule has 1 aromatic heterocycles. The number of carbonyl (C=O) groups is 1. The third kappa shape index (κ3) is 7.43. The van der Waals surface area contributed by atoms with Gasteiger partial charge in [-0.05, 0) is 12.8 Å². The van der Waals surface area contributed by atoms with E-state index in [4.69, 9.17) is 0 Å². The molecular formula is C14H26ClN5O. The summed E-state index contributed by atoms with van der Waals surface area (Å²) in [5.41, 5.74) is 0. The molecule has 0 aliphatic heterocycles. The molecule has 0 spiro atoms. The van der Waals surface area contributed by atoms with E-state index in [0.29, 0.717) is 25.6 Å². The number of halogens is 1. The third-order valence-corrected chi connectivity index (χ3v) is 3.77. The van der Waals surface area contributed by atoms with Crippen molar-refractivity contribution < 1.29 is 4.79 Å². The number of nitrogens with zero attached hydrogens (tertiary/aromatic N) is 3. The lowest BCUT2D eigenvalue weighted by molar-refractivity contribution is -0.121. The number of amides is 1. The number of aromatic nitrogens is 3. The zero-order chi connectivity index (χ0) is 14.0. The normalized spacial score (nSPS) is 16.0. The Bertz CT molecular complexity index is 377. The van der Waals surface area contributed by atoms with E-state index in [1.165, 1.54) is 44.9 Å². The van der Waals surface area contributed by atoms with E-state index in [1.807, 2.05) is 0 Å². The van der Waals surface area contributed by atoms with Crippen molar-refractivity contribution in [3.8, 4) is 0 Å². The highest BCUT2D eigenvalue weighted by molar-refractivity contribution is 5.85. The minimum absolute atomic E-state index is 0. The summed E-state index contributed by atoms with van der Waals surface area (Å²) in [7, 11) is 0. The Hall–Kier alpha value is -1.14. The summed E-state index contributed by atoms with van der Waals surface area (Å²) in [6.45, 7) is 2.15. The van der Waals surface area contributed by atoms with Crippen LogP contribution in [0.2, 0.25) is 0 Å². The maximum absolute atomic E-state index is 11.6. The molecule has 0 radical (unpaired) electrons. The Morgan fingerprint density at radius 3 is 2.62 bits per heavy atom. The summed E-state index contributed by atoms with van der Waals surface area (Å²) >= 11 is 0. The fourth-order valence-corrected chi connectivity index (χ4v) is 2.61. The van der Waals surface area contributed by atoms with Crippen LogP contribution in [0.15, 0.2) is 12.7 Å². The van der Waals surface area contributed by atoms with Gasteiger partial charge in [0.05, 0.1) is 6.54 Å². The molecule has 21 heavy (non-hydrogen) atoms. The first-order valence-electron chi connectivity index (χ1n) is 7.67. The monoisotopic (exact) mass is 315 g/mol. The van der Waals surface area contributed by atoms with Crippen LogP contribution in [0.25, 0.3) is 0 Å². The molecular weight excluding hydrogens is 290 g/mol. The van der Waals surface area contributed by atoms with Gasteiger partial charge in [-0.15, -0.1) is 12.4 Å². The molecule has 2 N–H and O–H groups in total. The number of rotatable bonds is 7. The van der Waals surface area contributed by atoms with E-state index >= 15 is 0 Å². The van der Waals surface area contributed by atoms with Crippen molar-refractivity contribution in [1.82, 2.24) is 25.4 Å². The molecule has 1 aliphatic rings. The van der Waals surface area contributed by atoms with Crippen LogP contribution in [-0.4, -0.2) is 39.8 Å². The van der Waals surface area contributed by atoms with Gasteiger partial charge in [0.25, 0.3) is 0 Å². The second-order valence-corrected chi connectivity index (χ2v) is 5.40. The van der Waals surface area contributed by atoms with Gasteiger partial charge in [-0.25, -0.2) is 4.98 Å². The molecule has 7 heteroatoms. The van der Waals surface area contributed by atoms with Crippen molar-refractivity contribution in [1.29, 1.82) is 0 Å². The molecule has 1 aromatic rings. The predicted molar refractivity (Wildman–Crippen MR) is 84.4 cm³/mol. The molecule has 1 aliphatic carbocycles. The standard InChI is InChI=1S/C14H25N5O.ClH/c20-14(7-10-19-12-15-11-18-19)17-9-8-16-13-5-3-1-2-4-6-13;/h11-13,16H,1-10H2,(H,17,20);1H. The van der Waals surface area contributed by atoms with E-state index < -0.39 is 0 Å². The fraction of sp³-hybridized carbons (Fsp3) is 0.786. The lowest BCUT2D eigenvalue weighted by Crippen LogP contribution is -2.37. The molecule has 0 unspecified atom stereocenters. The lowest BCUT2D eigenvalue weighted by Gasteiger charge is -2.16. The molecule has 0 aromatic carbocycles. The number of carbonyl (C=O) groups excluding carboxylic acids is 1. The molecule has 0 bridgehead atoms. The second kappa shape index (κ2) is 10.6. The van der Waals surface area contributed by atoms with Crippen LogP contribution in [-0.2, 0) is 11.3 Å². The van der Waals surface area contributed by atoms with E-state index in [9.17, 15) is 4.79 Å². The number of hydrogen-bond donors (Lipinski definition) is 2. The quantitative estimate of drug-likeness (QED) is 0.591. The van der Waals surface area contributed by atoms with Crippen LogP contribution >= 0.6 is 12.4 Å². The molecule has 0 saturated heterocycles. The fourth-order valence-electron chi connectivity index (χ4n) is 2.61. The average molecular weight is 316 g/mol. The molecule has 1 amide bonds. The smallest absolute Gasteiger partial charge is 0.221 e. The van der Waals surface area contributed by atoms with Crippen LogP contribution < -0.4 is 10.6 Å². The predicted octanol–water partition coefficient (Wildman–Crippen LogP) is 1.52. The van der Waals surface area contributed by atoms with Crippen LogP contribution in [0.4, 0.5) is 0 Å². The Morgan fingerprint density at radius 2 is 1.95 bits per heavy atom. The van der Waals surface area contributed by atoms with Crippen molar-refractivity contribution >= 4 is 18.3 Å². The highest BCUT2D eigenvalue weighted by Gasteiger charge is 2.10. The molecule has 1 fully saturated rings. The third-order valence-electron chi connectivity index (χ3n) is 3.77. The van der Waals surface area contributed by atoms with Crippen LogP contribution in [0, 0.1) is 0 Å². The van der Waals surface area contributed by atoms with Crippen molar-refractivity contribution in [2.75, 3.05) is 13.1 Å². The van der Waals surface area contributed by atoms with Gasteiger partial charge in [0.1, 0.15) is 12.7 Å². The molecule has 2 rings (SSSR count). The van der Waals surface area contributed by atoms with E-state index in [-0.39, 0.29) is 18.3 Å². The number of nitrogens with one attached hydrogen (secondary N) is 2. The van der Waals surface area contributed by atoms with Gasteiger partial charge in [0.2, 0.25) is 5.91 Å². The molecule has 120 valence electrons.